The van der Waals surface area contributed by atoms with Crippen LogP contribution in [-0.4, -0.2) is 39.5 Å². The Kier molecular flexibility index (Phi) is 7.96. The molecular weight excluding hydrogens is 544 g/mol. The number of aromatic nitrogens is 8. The maximum absolute atomic E-state index is 5.50. The molecule has 44 heavy (non-hydrogen) atoms. The molecule has 0 fully saturated rings. The number of nitrogens with zero attached hydrogens (tertiary/aromatic N) is 7. The molecule has 0 spiro atoms. The molecule has 8 heteroatoms. The molecule has 5 heterocycles. The van der Waals surface area contributed by atoms with Crippen LogP contribution >= 0.6 is 0 Å². The Morgan fingerprint density at radius 3 is 1.57 bits per heavy atom. The Morgan fingerprint density at radius 2 is 1.05 bits per heavy atom. The quantitative estimate of drug-likeness (QED) is 0.254. The van der Waals surface area contributed by atoms with Gasteiger partial charge in [-0.25, -0.2) is 29.9 Å². The average molecular weight is 595 g/mol. The Hall–Kier alpha value is -3.68. The molecule has 0 radical (unpaired) electrons. The van der Waals surface area contributed by atoms with Crippen LogP contribution in [0.15, 0.2) is 12.1 Å². The second-order valence-corrected chi connectivity index (χ2v) is 17.3. The van der Waals surface area contributed by atoms with Crippen LogP contribution in [0.25, 0.3) is 46.4 Å². The van der Waals surface area contributed by atoms with Crippen molar-refractivity contribution in [3.8, 4) is 0 Å². The summed E-state index contributed by atoms with van der Waals surface area (Å²) >= 11 is 0. The van der Waals surface area contributed by atoms with E-state index in [1.54, 1.807) is 0 Å². The highest BCUT2D eigenvalue weighted by Crippen LogP contribution is 2.37. The van der Waals surface area contributed by atoms with E-state index < -0.39 is 0 Å². The molecule has 234 valence electrons. The molecule has 0 atom stereocenters. The van der Waals surface area contributed by atoms with Gasteiger partial charge in [-0.15, -0.1) is 0 Å². The molecule has 3 aromatic rings. The van der Waals surface area contributed by atoms with Gasteiger partial charge in [0.1, 0.15) is 22.6 Å². The van der Waals surface area contributed by atoms with E-state index in [1.165, 1.54) is 11.1 Å². The third kappa shape index (κ3) is 7.88. The first-order valence-electron chi connectivity index (χ1n) is 15.8. The number of fused-ring (bicyclic) bond motifs is 8. The van der Waals surface area contributed by atoms with Gasteiger partial charge in [-0.05, 0) is 71.3 Å². The first-order chi connectivity index (χ1) is 20.2. The third-order valence-electron chi connectivity index (χ3n) is 7.16. The van der Waals surface area contributed by atoms with Gasteiger partial charge >= 0.3 is 0 Å². The van der Waals surface area contributed by atoms with Crippen molar-refractivity contribution in [2.24, 2.45) is 21.7 Å². The average Bonchev–Trinajstić information content (AvgIpc) is 3.58. The van der Waals surface area contributed by atoms with E-state index in [4.69, 9.17) is 29.9 Å². The molecule has 2 aliphatic rings. The molecule has 0 saturated carbocycles. The summed E-state index contributed by atoms with van der Waals surface area (Å²) < 4.78 is 2.34. The van der Waals surface area contributed by atoms with Gasteiger partial charge in [0, 0.05) is 23.2 Å². The molecule has 5 rings (SSSR count). The normalized spacial score (nSPS) is 14.3. The van der Waals surface area contributed by atoms with Gasteiger partial charge in [0.15, 0.2) is 23.3 Å². The highest BCUT2D eigenvalue weighted by Gasteiger charge is 2.29. The van der Waals surface area contributed by atoms with E-state index >= 15 is 0 Å². The van der Waals surface area contributed by atoms with Crippen molar-refractivity contribution < 1.29 is 0 Å². The molecule has 2 aliphatic heterocycles. The lowest BCUT2D eigenvalue weighted by Crippen LogP contribution is -2.17. The largest absolute Gasteiger partial charge is 0.325 e. The zero-order chi connectivity index (χ0) is 32.2. The molecule has 0 saturated heterocycles. The second kappa shape index (κ2) is 11.0. The lowest BCUT2D eigenvalue weighted by Gasteiger charge is -2.22. The summed E-state index contributed by atoms with van der Waals surface area (Å²) in [4.78, 5) is 33.5. The summed E-state index contributed by atoms with van der Waals surface area (Å²) in [5.74, 6) is 2.62. The smallest absolute Gasteiger partial charge is 0.160 e. The highest BCUT2D eigenvalue weighted by atomic mass is 15.1. The van der Waals surface area contributed by atoms with E-state index in [0.29, 0.717) is 28.8 Å². The maximum atomic E-state index is 5.50. The Balaban J connectivity index is 2.00. The standard InChI is InChI=1S/C36H50N8/c1-33(2,3)18-22-17-29-40-27-14-13-25(38-27)37-26-15-16-28(39-26)42-31-23(19-34(4,5)6)24(20-35(7,8)9)32(43-30(22)41-29)44(31)21-36(10,11)12/h13-17H,18-21H2,1-12H3,(H,37,38,39,40,41,42,43). The minimum Gasteiger partial charge on any atom is -0.325 e. The first kappa shape index (κ1) is 31.7. The Bertz CT molecular complexity index is 1790. The summed E-state index contributed by atoms with van der Waals surface area (Å²) in [5, 5.41) is 0. The van der Waals surface area contributed by atoms with Gasteiger partial charge in [0.25, 0.3) is 0 Å². The number of aromatic amines is 1. The van der Waals surface area contributed by atoms with Crippen LogP contribution in [0.2, 0.25) is 0 Å². The SMILES string of the molecule is CC(C)(C)CC1=Cc2nc1nc1c(CC(C)(C)C)c(CC(C)(C)C)c(nc3nc(nc4ccc(n2)[nH]4)C=C3)n1CC(C)(C)C. The fraction of sp³-hybridized carbons (Fsp3) is 0.556. The van der Waals surface area contributed by atoms with E-state index in [1.807, 2.05) is 24.3 Å². The van der Waals surface area contributed by atoms with Crippen molar-refractivity contribution >= 4 is 46.4 Å². The summed E-state index contributed by atoms with van der Waals surface area (Å²) in [7, 11) is 0. The molecule has 3 aromatic heterocycles. The summed E-state index contributed by atoms with van der Waals surface area (Å²) in [6.45, 7) is 28.1. The van der Waals surface area contributed by atoms with Gasteiger partial charge in [-0.3, -0.25) is 0 Å². The lowest BCUT2D eigenvalue weighted by atomic mass is 9.82. The monoisotopic (exact) mass is 594 g/mol. The number of H-pyrrole nitrogens is 1. The molecule has 8 nitrogen and oxygen atoms in total. The molecule has 1 N–H and O–H groups in total. The van der Waals surface area contributed by atoms with Crippen molar-refractivity contribution in [2.45, 2.75) is 109 Å². The molecule has 8 bridgehead atoms. The molecular formula is C36H50N8. The second-order valence-electron chi connectivity index (χ2n) is 17.3. The minimum absolute atomic E-state index is 0.0235. The van der Waals surface area contributed by atoms with E-state index in [-0.39, 0.29) is 21.7 Å². The number of rotatable bonds is 4. The summed E-state index contributed by atoms with van der Waals surface area (Å²) in [6.07, 6.45) is 8.52. The van der Waals surface area contributed by atoms with Gasteiger partial charge in [0.2, 0.25) is 0 Å². The van der Waals surface area contributed by atoms with Crippen LogP contribution in [0.4, 0.5) is 0 Å². The van der Waals surface area contributed by atoms with Gasteiger partial charge in [0.05, 0.1) is 0 Å². The maximum Gasteiger partial charge on any atom is 0.160 e. The predicted octanol–water partition coefficient (Wildman–Crippen LogP) is 8.74. The molecule has 0 unspecified atom stereocenters. The van der Waals surface area contributed by atoms with Crippen LogP contribution in [-0.2, 0) is 19.4 Å². The van der Waals surface area contributed by atoms with Crippen LogP contribution in [0, 0.1) is 21.7 Å². The third-order valence-corrected chi connectivity index (χ3v) is 7.16. The minimum atomic E-state index is -0.0235. The van der Waals surface area contributed by atoms with Crippen molar-refractivity contribution in [3.63, 3.8) is 0 Å². The Morgan fingerprint density at radius 1 is 0.545 bits per heavy atom. The van der Waals surface area contributed by atoms with Crippen LogP contribution in [0.1, 0.15) is 124 Å². The zero-order valence-electron chi connectivity index (χ0n) is 28.8. The van der Waals surface area contributed by atoms with Crippen LogP contribution < -0.4 is 0 Å². The van der Waals surface area contributed by atoms with E-state index in [9.17, 15) is 0 Å². The fourth-order valence-corrected chi connectivity index (χ4v) is 5.72. The fourth-order valence-electron chi connectivity index (χ4n) is 5.72. The molecule has 0 aliphatic carbocycles. The predicted molar refractivity (Wildman–Crippen MR) is 182 cm³/mol. The zero-order valence-corrected chi connectivity index (χ0v) is 28.8. The number of allylic oxidation sites excluding steroid dienone is 1. The van der Waals surface area contributed by atoms with E-state index in [0.717, 1.165) is 48.5 Å². The van der Waals surface area contributed by atoms with E-state index in [2.05, 4.69) is 98.7 Å². The lowest BCUT2D eigenvalue weighted by molar-refractivity contribution is 0.351. The van der Waals surface area contributed by atoms with Crippen molar-refractivity contribution in [1.29, 1.82) is 0 Å². The van der Waals surface area contributed by atoms with Crippen molar-refractivity contribution in [3.05, 3.63) is 46.6 Å². The first-order valence-corrected chi connectivity index (χ1v) is 15.8. The molecule has 0 amide bonds. The number of hydrogen-bond acceptors (Lipinski definition) is 6. The van der Waals surface area contributed by atoms with Gasteiger partial charge < -0.3 is 9.55 Å². The number of hydrogen-bond donors (Lipinski definition) is 1. The molecule has 0 aromatic carbocycles. The van der Waals surface area contributed by atoms with Crippen LogP contribution in [0.5, 0.6) is 0 Å². The van der Waals surface area contributed by atoms with Gasteiger partial charge in [-0.1, -0.05) is 83.1 Å². The van der Waals surface area contributed by atoms with Crippen LogP contribution in [0.3, 0.4) is 0 Å². The summed E-state index contributed by atoms with van der Waals surface area (Å²) in [6, 6.07) is 3.83. The van der Waals surface area contributed by atoms with Crippen molar-refractivity contribution in [2.75, 3.05) is 0 Å². The summed E-state index contributed by atoms with van der Waals surface area (Å²) in [5.41, 5.74) is 6.93. The Labute approximate surface area is 262 Å². The topological polar surface area (TPSA) is 98.1 Å². The number of nitrogens with one attached hydrogen (secondary N) is 1. The highest BCUT2D eigenvalue weighted by molar-refractivity contribution is 5.81. The van der Waals surface area contributed by atoms with Crippen molar-refractivity contribution in [1.82, 2.24) is 39.5 Å². The van der Waals surface area contributed by atoms with Gasteiger partial charge in [-0.2, -0.15) is 0 Å².